The summed E-state index contributed by atoms with van der Waals surface area (Å²) in [7, 11) is 1.27. The second kappa shape index (κ2) is 8.47. The van der Waals surface area contributed by atoms with Gasteiger partial charge in [-0.3, -0.25) is 4.79 Å². The monoisotopic (exact) mass is 419 g/mol. The third kappa shape index (κ3) is 4.07. The van der Waals surface area contributed by atoms with Gasteiger partial charge in [0, 0.05) is 13.0 Å². The Balaban J connectivity index is 1.50. The third-order valence-corrected chi connectivity index (χ3v) is 5.45. The molecule has 1 amide bonds. The Kier molecular flexibility index (Phi) is 5.58. The molecule has 0 spiro atoms. The number of esters is 2. The second-order valence-electron chi connectivity index (χ2n) is 7.33. The molecule has 0 aromatic heterocycles. The number of methoxy groups -OCH3 is 1. The molecule has 1 aliphatic heterocycles. The van der Waals surface area contributed by atoms with Crippen molar-refractivity contribution < 1.29 is 29.0 Å². The van der Waals surface area contributed by atoms with Gasteiger partial charge in [-0.15, -0.1) is 0 Å². The number of aromatic hydroxyl groups is 1. The zero-order chi connectivity index (χ0) is 22.0. The van der Waals surface area contributed by atoms with Crippen molar-refractivity contribution in [2.24, 2.45) is 0 Å². The Morgan fingerprint density at radius 2 is 1.65 bits per heavy atom. The zero-order valence-electron chi connectivity index (χ0n) is 16.9. The standard InChI is InChI=1S/C24H21NO6/c1-30-24(29)20-11-16-7-4-5-9-18(16)13-25(20)22(27)14-31-23(28)19-10-15-6-2-3-8-17(15)12-21(19)26/h2-10,12,20,26H,11,13-14H2,1H3/t20-/m0/s1. The van der Waals surface area contributed by atoms with E-state index in [4.69, 9.17) is 9.47 Å². The van der Waals surface area contributed by atoms with Gasteiger partial charge in [0.1, 0.15) is 17.4 Å². The summed E-state index contributed by atoms with van der Waals surface area (Å²) in [6.07, 6.45) is 0.327. The first-order chi connectivity index (χ1) is 15.0. The van der Waals surface area contributed by atoms with E-state index in [1.807, 2.05) is 48.5 Å². The van der Waals surface area contributed by atoms with Crippen molar-refractivity contribution in [1.82, 2.24) is 4.90 Å². The van der Waals surface area contributed by atoms with Gasteiger partial charge in [-0.1, -0.05) is 48.5 Å². The predicted molar refractivity (Wildman–Crippen MR) is 112 cm³/mol. The maximum absolute atomic E-state index is 12.9. The highest BCUT2D eigenvalue weighted by molar-refractivity contribution is 5.99. The highest BCUT2D eigenvalue weighted by Crippen LogP contribution is 2.27. The van der Waals surface area contributed by atoms with Crippen LogP contribution in [0.3, 0.4) is 0 Å². The number of rotatable bonds is 4. The number of hydrogen-bond donors (Lipinski definition) is 1. The van der Waals surface area contributed by atoms with Crippen molar-refractivity contribution in [1.29, 1.82) is 0 Å². The van der Waals surface area contributed by atoms with Crippen molar-refractivity contribution in [2.75, 3.05) is 13.7 Å². The number of carbonyl (C=O) groups is 3. The van der Waals surface area contributed by atoms with Gasteiger partial charge < -0.3 is 19.5 Å². The molecule has 1 heterocycles. The molecule has 0 saturated carbocycles. The molecule has 31 heavy (non-hydrogen) atoms. The van der Waals surface area contributed by atoms with Crippen LogP contribution in [0.25, 0.3) is 10.8 Å². The molecule has 0 radical (unpaired) electrons. The Labute approximate surface area is 178 Å². The highest BCUT2D eigenvalue weighted by atomic mass is 16.5. The molecule has 1 aliphatic rings. The number of benzene rings is 3. The molecule has 7 heteroatoms. The summed E-state index contributed by atoms with van der Waals surface area (Å²) in [5.41, 5.74) is 1.87. The van der Waals surface area contributed by atoms with E-state index in [0.29, 0.717) is 6.42 Å². The molecule has 4 rings (SSSR count). The largest absolute Gasteiger partial charge is 0.507 e. The van der Waals surface area contributed by atoms with Crippen LogP contribution in [-0.4, -0.2) is 47.6 Å². The molecule has 3 aromatic rings. The number of fused-ring (bicyclic) bond motifs is 2. The van der Waals surface area contributed by atoms with Gasteiger partial charge in [0.05, 0.1) is 7.11 Å². The van der Waals surface area contributed by atoms with E-state index in [2.05, 4.69) is 0 Å². The molecular weight excluding hydrogens is 398 g/mol. The number of phenols is 1. The van der Waals surface area contributed by atoms with Gasteiger partial charge in [0.15, 0.2) is 6.61 Å². The van der Waals surface area contributed by atoms with E-state index in [1.165, 1.54) is 24.1 Å². The number of nitrogens with zero attached hydrogens (tertiary/aromatic N) is 1. The van der Waals surface area contributed by atoms with Gasteiger partial charge in [0.2, 0.25) is 0 Å². The van der Waals surface area contributed by atoms with Crippen LogP contribution in [0, 0.1) is 0 Å². The Morgan fingerprint density at radius 3 is 2.35 bits per heavy atom. The van der Waals surface area contributed by atoms with Crippen molar-refractivity contribution in [3.8, 4) is 5.75 Å². The summed E-state index contributed by atoms with van der Waals surface area (Å²) >= 11 is 0. The lowest BCUT2D eigenvalue weighted by Gasteiger charge is -2.35. The fraction of sp³-hybridized carbons (Fsp3) is 0.208. The van der Waals surface area contributed by atoms with Crippen molar-refractivity contribution >= 4 is 28.6 Å². The zero-order valence-corrected chi connectivity index (χ0v) is 16.9. The summed E-state index contributed by atoms with van der Waals surface area (Å²) < 4.78 is 10.0. The molecule has 0 fully saturated rings. The first-order valence-corrected chi connectivity index (χ1v) is 9.81. The first-order valence-electron chi connectivity index (χ1n) is 9.81. The van der Waals surface area contributed by atoms with Crippen LogP contribution >= 0.6 is 0 Å². The molecule has 7 nitrogen and oxygen atoms in total. The lowest BCUT2D eigenvalue weighted by atomic mass is 9.94. The average molecular weight is 419 g/mol. The topological polar surface area (TPSA) is 93.1 Å². The van der Waals surface area contributed by atoms with Gasteiger partial charge in [-0.2, -0.15) is 0 Å². The highest BCUT2D eigenvalue weighted by Gasteiger charge is 2.35. The first kappa shape index (κ1) is 20.4. The maximum Gasteiger partial charge on any atom is 0.342 e. The lowest BCUT2D eigenvalue weighted by Crippen LogP contribution is -2.50. The van der Waals surface area contributed by atoms with Gasteiger partial charge >= 0.3 is 11.9 Å². The van der Waals surface area contributed by atoms with E-state index < -0.39 is 30.5 Å². The molecule has 0 aliphatic carbocycles. The molecule has 1 atom stereocenters. The van der Waals surface area contributed by atoms with Gasteiger partial charge in [-0.05, 0) is 34.0 Å². The summed E-state index contributed by atoms with van der Waals surface area (Å²) in [5.74, 6) is -2.08. The van der Waals surface area contributed by atoms with Crippen molar-refractivity contribution in [3.63, 3.8) is 0 Å². The third-order valence-electron chi connectivity index (χ3n) is 5.45. The Hall–Kier alpha value is -3.87. The second-order valence-corrected chi connectivity index (χ2v) is 7.33. The SMILES string of the molecule is COC(=O)[C@@H]1Cc2ccccc2CN1C(=O)COC(=O)c1cc2ccccc2cc1O. The van der Waals surface area contributed by atoms with Gasteiger partial charge in [0.25, 0.3) is 5.91 Å². The fourth-order valence-electron chi connectivity index (χ4n) is 3.81. The number of carbonyl (C=O) groups excluding carboxylic acids is 3. The van der Waals surface area contributed by atoms with Crippen molar-refractivity contribution in [2.45, 2.75) is 19.0 Å². The molecule has 158 valence electrons. The molecule has 0 saturated heterocycles. The van der Waals surface area contributed by atoms with Crippen LogP contribution in [0.15, 0.2) is 60.7 Å². The van der Waals surface area contributed by atoms with E-state index >= 15 is 0 Å². The lowest BCUT2D eigenvalue weighted by molar-refractivity contribution is -0.155. The number of amides is 1. The Bertz CT molecular complexity index is 1170. The minimum Gasteiger partial charge on any atom is -0.507 e. The van der Waals surface area contributed by atoms with E-state index in [0.717, 1.165) is 21.9 Å². The van der Waals surface area contributed by atoms with Crippen LogP contribution in [0.1, 0.15) is 21.5 Å². The summed E-state index contributed by atoms with van der Waals surface area (Å²) in [6.45, 7) is -0.339. The van der Waals surface area contributed by atoms with E-state index in [9.17, 15) is 19.5 Å². The van der Waals surface area contributed by atoms with Crippen LogP contribution in [0.2, 0.25) is 0 Å². The maximum atomic E-state index is 12.9. The van der Waals surface area contributed by atoms with Crippen molar-refractivity contribution in [3.05, 3.63) is 77.4 Å². The smallest absolute Gasteiger partial charge is 0.342 e. The molecular formula is C24H21NO6. The molecule has 0 bridgehead atoms. The minimum absolute atomic E-state index is 0.0278. The molecule has 1 N–H and O–H groups in total. The van der Waals surface area contributed by atoms with E-state index in [1.54, 1.807) is 0 Å². The average Bonchev–Trinajstić information content (AvgIpc) is 2.80. The minimum atomic E-state index is -0.816. The number of ether oxygens (including phenoxy) is 2. The Morgan fingerprint density at radius 1 is 1.00 bits per heavy atom. The summed E-state index contributed by atoms with van der Waals surface area (Å²) in [4.78, 5) is 39.0. The van der Waals surface area contributed by atoms with Crippen LogP contribution in [0.4, 0.5) is 0 Å². The normalized spacial score (nSPS) is 15.3. The van der Waals surface area contributed by atoms with E-state index in [-0.39, 0.29) is 17.9 Å². The van der Waals surface area contributed by atoms with Crippen LogP contribution < -0.4 is 0 Å². The summed E-state index contributed by atoms with van der Waals surface area (Å²) in [6, 6.07) is 17.0. The molecule has 0 unspecified atom stereocenters. The van der Waals surface area contributed by atoms with Gasteiger partial charge in [-0.25, -0.2) is 9.59 Å². The predicted octanol–water partition coefficient (Wildman–Crippen LogP) is 2.83. The quantitative estimate of drug-likeness (QED) is 0.654. The van der Waals surface area contributed by atoms with Crippen LogP contribution in [0.5, 0.6) is 5.75 Å². The molecule has 3 aromatic carbocycles. The summed E-state index contributed by atoms with van der Waals surface area (Å²) in [5, 5.41) is 11.7. The number of hydrogen-bond acceptors (Lipinski definition) is 6. The fourth-order valence-corrected chi connectivity index (χ4v) is 3.81. The number of phenolic OH excluding ortho intramolecular Hbond substituents is 1. The van der Waals surface area contributed by atoms with Crippen LogP contribution in [-0.2, 0) is 32.0 Å².